The highest BCUT2D eigenvalue weighted by atomic mass is 16.7. The first-order valence-electron chi connectivity index (χ1n) is 6.66. The van der Waals surface area contributed by atoms with Crippen molar-refractivity contribution in [1.29, 1.82) is 0 Å². The molecule has 1 unspecified atom stereocenters. The minimum Gasteiger partial charge on any atom is -0.454 e. The summed E-state index contributed by atoms with van der Waals surface area (Å²) in [6.07, 6.45) is 0. The van der Waals surface area contributed by atoms with Crippen LogP contribution in [0.2, 0.25) is 0 Å². The summed E-state index contributed by atoms with van der Waals surface area (Å²) < 4.78 is 12.9. The largest absolute Gasteiger partial charge is 0.454 e. The van der Waals surface area contributed by atoms with Crippen molar-refractivity contribution in [3.63, 3.8) is 0 Å². The molecule has 0 amide bonds. The van der Waals surface area contributed by atoms with Gasteiger partial charge < -0.3 is 25.5 Å². The van der Waals surface area contributed by atoms with E-state index in [0.717, 1.165) is 34.1 Å². The molecule has 1 atom stereocenters. The lowest BCUT2D eigenvalue weighted by Crippen LogP contribution is -2.21. The van der Waals surface area contributed by atoms with Crippen molar-refractivity contribution in [2.24, 2.45) is 11.5 Å². The minimum atomic E-state index is -0.135. The van der Waals surface area contributed by atoms with Gasteiger partial charge in [0, 0.05) is 35.7 Å². The lowest BCUT2D eigenvalue weighted by Gasteiger charge is -2.12. The number of hydrogen-bond acceptors (Lipinski definition) is 4. The molecule has 1 aromatic heterocycles. The molecule has 0 bridgehead atoms. The highest BCUT2D eigenvalue weighted by molar-refractivity contribution is 5.52. The van der Waals surface area contributed by atoms with Crippen molar-refractivity contribution in [1.82, 2.24) is 4.57 Å². The zero-order valence-corrected chi connectivity index (χ0v) is 11.7. The van der Waals surface area contributed by atoms with E-state index in [1.807, 2.05) is 18.2 Å². The van der Waals surface area contributed by atoms with E-state index in [4.69, 9.17) is 20.9 Å². The molecule has 106 valence electrons. The molecule has 0 radical (unpaired) electrons. The van der Waals surface area contributed by atoms with Crippen LogP contribution in [0.1, 0.15) is 23.0 Å². The molecule has 0 spiro atoms. The Balaban J connectivity index is 2.08. The predicted molar refractivity (Wildman–Crippen MR) is 77.3 cm³/mol. The van der Waals surface area contributed by atoms with Crippen molar-refractivity contribution in [2.75, 3.05) is 13.3 Å². The van der Waals surface area contributed by atoms with Gasteiger partial charge in [-0.2, -0.15) is 0 Å². The van der Waals surface area contributed by atoms with Gasteiger partial charge in [-0.25, -0.2) is 0 Å². The number of fused-ring (bicyclic) bond motifs is 1. The number of aryl methyl sites for hydroxylation is 1. The van der Waals surface area contributed by atoms with Crippen LogP contribution in [0.5, 0.6) is 11.5 Å². The van der Waals surface area contributed by atoms with Gasteiger partial charge in [-0.1, -0.05) is 0 Å². The van der Waals surface area contributed by atoms with Gasteiger partial charge in [0.1, 0.15) is 0 Å². The molecule has 0 saturated heterocycles. The van der Waals surface area contributed by atoms with Gasteiger partial charge in [-0.05, 0) is 37.6 Å². The molecule has 1 aromatic carbocycles. The Morgan fingerprint density at radius 2 is 1.95 bits per heavy atom. The average Bonchev–Trinajstić information content (AvgIpc) is 3.01. The Labute approximate surface area is 118 Å². The van der Waals surface area contributed by atoms with Crippen LogP contribution in [0, 0.1) is 13.8 Å². The topological polar surface area (TPSA) is 75.4 Å². The zero-order valence-electron chi connectivity index (χ0n) is 11.7. The second kappa shape index (κ2) is 4.85. The van der Waals surface area contributed by atoms with E-state index in [1.165, 1.54) is 0 Å². The van der Waals surface area contributed by atoms with E-state index in [9.17, 15) is 0 Å². The van der Waals surface area contributed by atoms with Crippen LogP contribution in [0.4, 0.5) is 0 Å². The van der Waals surface area contributed by atoms with Crippen LogP contribution >= 0.6 is 0 Å². The second-order valence-electron chi connectivity index (χ2n) is 5.04. The Morgan fingerprint density at radius 1 is 1.20 bits per heavy atom. The summed E-state index contributed by atoms with van der Waals surface area (Å²) in [5.41, 5.74) is 16.1. The summed E-state index contributed by atoms with van der Waals surface area (Å²) in [6, 6.07) is 7.89. The average molecular weight is 273 g/mol. The third-order valence-corrected chi connectivity index (χ3v) is 3.74. The predicted octanol–water partition coefficient (Wildman–Crippen LogP) is 1.78. The van der Waals surface area contributed by atoms with Gasteiger partial charge in [0.05, 0.1) is 0 Å². The monoisotopic (exact) mass is 273 g/mol. The van der Waals surface area contributed by atoms with Crippen molar-refractivity contribution >= 4 is 0 Å². The molecule has 0 aliphatic carbocycles. The van der Waals surface area contributed by atoms with E-state index in [1.54, 1.807) is 0 Å². The van der Waals surface area contributed by atoms with Gasteiger partial charge in [0.2, 0.25) is 6.79 Å². The van der Waals surface area contributed by atoms with E-state index in [2.05, 4.69) is 24.5 Å². The standard InChI is InChI=1S/C15H19N3O2/c1-9-5-12(13(17)7-16)10(2)18(9)11-3-4-14-15(6-11)20-8-19-14/h3-6,13H,7-8,16-17H2,1-2H3. The first kappa shape index (κ1) is 13.0. The van der Waals surface area contributed by atoms with Crippen LogP contribution in [0.15, 0.2) is 24.3 Å². The summed E-state index contributed by atoms with van der Waals surface area (Å²) in [4.78, 5) is 0. The second-order valence-corrected chi connectivity index (χ2v) is 5.04. The lowest BCUT2D eigenvalue weighted by atomic mass is 10.1. The Kier molecular flexibility index (Phi) is 3.16. The number of nitrogens with two attached hydrogens (primary N) is 2. The molecular weight excluding hydrogens is 254 g/mol. The summed E-state index contributed by atoms with van der Waals surface area (Å²) in [5.74, 6) is 1.56. The first-order chi connectivity index (χ1) is 9.61. The highest BCUT2D eigenvalue weighted by Crippen LogP contribution is 2.35. The molecule has 0 saturated carbocycles. The number of nitrogens with zero attached hydrogens (tertiary/aromatic N) is 1. The fourth-order valence-corrected chi connectivity index (χ4v) is 2.71. The van der Waals surface area contributed by atoms with Crippen LogP contribution in [0.25, 0.3) is 5.69 Å². The van der Waals surface area contributed by atoms with Gasteiger partial charge in [0.15, 0.2) is 11.5 Å². The number of aromatic nitrogens is 1. The van der Waals surface area contributed by atoms with Crippen molar-refractivity contribution in [3.8, 4) is 17.2 Å². The first-order valence-corrected chi connectivity index (χ1v) is 6.66. The van der Waals surface area contributed by atoms with Gasteiger partial charge in [0.25, 0.3) is 0 Å². The van der Waals surface area contributed by atoms with Crippen LogP contribution in [-0.4, -0.2) is 17.9 Å². The normalized spacial score (nSPS) is 14.6. The van der Waals surface area contributed by atoms with Crippen molar-refractivity contribution < 1.29 is 9.47 Å². The molecule has 1 aliphatic rings. The molecule has 20 heavy (non-hydrogen) atoms. The maximum Gasteiger partial charge on any atom is 0.231 e. The summed E-state index contributed by atoms with van der Waals surface area (Å²) in [7, 11) is 0. The molecule has 2 heterocycles. The van der Waals surface area contributed by atoms with E-state index >= 15 is 0 Å². The fourth-order valence-electron chi connectivity index (χ4n) is 2.71. The van der Waals surface area contributed by atoms with Crippen LogP contribution in [0.3, 0.4) is 0 Å². The molecule has 0 fully saturated rings. The van der Waals surface area contributed by atoms with Crippen molar-refractivity contribution in [3.05, 3.63) is 41.2 Å². The molecule has 5 nitrogen and oxygen atoms in total. The fraction of sp³-hybridized carbons (Fsp3) is 0.333. The summed E-state index contributed by atoms with van der Waals surface area (Å²) in [6.45, 7) is 4.84. The van der Waals surface area contributed by atoms with Crippen molar-refractivity contribution in [2.45, 2.75) is 19.9 Å². The number of rotatable bonds is 3. The van der Waals surface area contributed by atoms with E-state index in [0.29, 0.717) is 6.54 Å². The van der Waals surface area contributed by atoms with Crippen LogP contribution in [-0.2, 0) is 0 Å². The molecule has 1 aliphatic heterocycles. The number of hydrogen-bond donors (Lipinski definition) is 2. The Bertz CT molecular complexity index is 649. The minimum absolute atomic E-state index is 0.135. The third kappa shape index (κ3) is 1.95. The van der Waals surface area contributed by atoms with Gasteiger partial charge >= 0.3 is 0 Å². The van der Waals surface area contributed by atoms with Gasteiger partial charge in [-0.3, -0.25) is 0 Å². The highest BCUT2D eigenvalue weighted by Gasteiger charge is 2.18. The van der Waals surface area contributed by atoms with Crippen LogP contribution < -0.4 is 20.9 Å². The Hall–Kier alpha value is -1.98. The summed E-state index contributed by atoms with van der Waals surface area (Å²) in [5, 5.41) is 0. The molecular formula is C15H19N3O2. The maximum absolute atomic E-state index is 6.06. The molecule has 3 rings (SSSR count). The Morgan fingerprint density at radius 3 is 2.70 bits per heavy atom. The van der Waals surface area contributed by atoms with E-state index < -0.39 is 0 Å². The lowest BCUT2D eigenvalue weighted by molar-refractivity contribution is 0.174. The number of benzene rings is 1. The molecule has 5 heteroatoms. The number of ether oxygens (including phenoxy) is 2. The quantitative estimate of drug-likeness (QED) is 0.894. The zero-order chi connectivity index (χ0) is 14.3. The van der Waals surface area contributed by atoms with Gasteiger partial charge in [-0.15, -0.1) is 0 Å². The summed E-state index contributed by atoms with van der Waals surface area (Å²) >= 11 is 0. The smallest absolute Gasteiger partial charge is 0.231 e. The maximum atomic E-state index is 6.06. The SMILES string of the molecule is Cc1cc(C(N)CN)c(C)n1-c1ccc2c(c1)OCO2. The molecule has 2 aromatic rings. The third-order valence-electron chi connectivity index (χ3n) is 3.74. The molecule has 4 N–H and O–H groups in total. The van der Waals surface area contributed by atoms with E-state index in [-0.39, 0.29) is 12.8 Å².